The summed E-state index contributed by atoms with van der Waals surface area (Å²) in [5.41, 5.74) is 1.76. The second-order valence-corrected chi connectivity index (χ2v) is 5.08. The quantitative estimate of drug-likeness (QED) is 0.683. The van der Waals surface area contributed by atoms with Gasteiger partial charge in [-0.1, -0.05) is 35.0 Å². The zero-order chi connectivity index (χ0) is 17.1. The molecular formula is C17H12F2N2O3. The smallest absolute Gasteiger partial charge is 0.338 e. The van der Waals surface area contributed by atoms with Crippen LogP contribution in [-0.2, 0) is 11.3 Å². The molecule has 0 fully saturated rings. The molecule has 7 heteroatoms. The number of esters is 1. The van der Waals surface area contributed by atoms with E-state index in [0.29, 0.717) is 5.82 Å². The van der Waals surface area contributed by atoms with Crippen LogP contribution in [0, 0.1) is 18.6 Å². The zero-order valence-electron chi connectivity index (χ0n) is 12.6. The Morgan fingerprint density at radius 3 is 2.58 bits per heavy atom. The molecule has 0 amide bonds. The lowest BCUT2D eigenvalue weighted by Gasteiger charge is -2.02. The number of benzene rings is 2. The molecule has 0 saturated carbocycles. The highest BCUT2D eigenvalue weighted by molar-refractivity contribution is 5.89. The van der Waals surface area contributed by atoms with Crippen LogP contribution in [0.1, 0.15) is 21.8 Å². The molecule has 0 N–H and O–H groups in total. The van der Waals surface area contributed by atoms with Crippen molar-refractivity contribution in [1.82, 2.24) is 10.1 Å². The van der Waals surface area contributed by atoms with E-state index >= 15 is 0 Å². The molecule has 1 aromatic heterocycles. The van der Waals surface area contributed by atoms with Gasteiger partial charge in [-0.3, -0.25) is 0 Å². The Labute approximate surface area is 135 Å². The Kier molecular flexibility index (Phi) is 4.33. The maximum Gasteiger partial charge on any atom is 0.338 e. The average Bonchev–Trinajstić information content (AvgIpc) is 3.05. The van der Waals surface area contributed by atoms with Crippen molar-refractivity contribution in [1.29, 1.82) is 0 Å². The number of hydrogen-bond donors (Lipinski definition) is 0. The zero-order valence-corrected chi connectivity index (χ0v) is 12.6. The summed E-state index contributed by atoms with van der Waals surface area (Å²) in [4.78, 5) is 15.9. The van der Waals surface area contributed by atoms with E-state index in [1.807, 2.05) is 31.2 Å². The van der Waals surface area contributed by atoms with Gasteiger partial charge in [0.1, 0.15) is 0 Å². The number of halogens is 2. The van der Waals surface area contributed by atoms with Crippen LogP contribution >= 0.6 is 0 Å². The summed E-state index contributed by atoms with van der Waals surface area (Å²) in [7, 11) is 0. The number of nitrogens with zero attached hydrogens (tertiary/aromatic N) is 2. The molecule has 1 heterocycles. The van der Waals surface area contributed by atoms with Crippen LogP contribution in [0.3, 0.4) is 0 Å². The Morgan fingerprint density at radius 2 is 1.88 bits per heavy atom. The first kappa shape index (κ1) is 15.8. The molecule has 24 heavy (non-hydrogen) atoms. The van der Waals surface area contributed by atoms with Gasteiger partial charge in [-0.2, -0.15) is 4.98 Å². The van der Waals surface area contributed by atoms with E-state index in [2.05, 4.69) is 10.1 Å². The van der Waals surface area contributed by atoms with E-state index < -0.39 is 17.6 Å². The van der Waals surface area contributed by atoms with Gasteiger partial charge in [-0.05, 0) is 25.1 Å². The highest BCUT2D eigenvalue weighted by atomic mass is 19.2. The van der Waals surface area contributed by atoms with Crippen molar-refractivity contribution in [2.75, 3.05) is 0 Å². The fourth-order valence-electron chi connectivity index (χ4n) is 1.97. The lowest BCUT2D eigenvalue weighted by molar-refractivity contribution is 0.0429. The van der Waals surface area contributed by atoms with Crippen molar-refractivity contribution in [3.05, 3.63) is 71.1 Å². The van der Waals surface area contributed by atoms with Gasteiger partial charge < -0.3 is 9.26 Å². The number of aromatic nitrogens is 2. The monoisotopic (exact) mass is 330 g/mol. The minimum Gasteiger partial charge on any atom is -0.452 e. The minimum absolute atomic E-state index is 0.0986. The predicted molar refractivity (Wildman–Crippen MR) is 79.9 cm³/mol. The first-order valence-corrected chi connectivity index (χ1v) is 7.05. The molecule has 122 valence electrons. The second kappa shape index (κ2) is 6.57. The third kappa shape index (κ3) is 3.45. The summed E-state index contributed by atoms with van der Waals surface area (Å²) in [6, 6.07) is 10.3. The molecule has 0 unspecified atom stereocenters. The molecule has 0 atom stereocenters. The van der Waals surface area contributed by atoms with Crippen molar-refractivity contribution in [2.24, 2.45) is 0 Å². The number of ether oxygens (including phenoxy) is 1. The molecule has 3 aromatic rings. The van der Waals surface area contributed by atoms with Gasteiger partial charge in [-0.15, -0.1) is 0 Å². The predicted octanol–water partition coefficient (Wildman–Crippen LogP) is 3.68. The first-order valence-electron chi connectivity index (χ1n) is 7.05. The van der Waals surface area contributed by atoms with Crippen LogP contribution in [0.4, 0.5) is 8.78 Å². The molecule has 2 aromatic carbocycles. The molecule has 5 nitrogen and oxygen atoms in total. The molecule has 0 radical (unpaired) electrons. The SMILES string of the molecule is Cc1ccc(-c2noc(COC(=O)c3ccc(F)c(F)c3)n2)cc1. The standard InChI is InChI=1S/C17H12F2N2O3/c1-10-2-4-11(5-3-10)16-20-15(24-21-16)9-23-17(22)12-6-7-13(18)14(19)8-12/h2-8H,9H2,1H3. The number of rotatable bonds is 4. The van der Waals surface area contributed by atoms with E-state index in [4.69, 9.17) is 9.26 Å². The average molecular weight is 330 g/mol. The van der Waals surface area contributed by atoms with Crippen molar-refractivity contribution in [2.45, 2.75) is 13.5 Å². The normalized spacial score (nSPS) is 10.6. The van der Waals surface area contributed by atoms with Gasteiger partial charge in [-0.25, -0.2) is 13.6 Å². The third-order valence-corrected chi connectivity index (χ3v) is 3.26. The Bertz CT molecular complexity index is 876. The molecule has 0 aliphatic rings. The Balaban J connectivity index is 1.65. The largest absolute Gasteiger partial charge is 0.452 e. The van der Waals surface area contributed by atoms with E-state index in [-0.39, 0.29) is 18.1 Å². The summed E-state index contributed by atoms with van der Waals surface area (Å²) in [6.45, 7) is 1.69. The summed E-state index contributed by atoms with van der Waals surface area (Å²) in [5.74, 6) is -2.51. The number of aryl methyl sites for hydroxylation is 1. The van der Waals surface area contributed by atoms with Crippen LogP contribution in [0.5, 0.6) is 0 Å². The van der Waals surface area contributed by atoms with E-state index in [0.717, 1.165) is 29.3 Å². The highest BCUT2D eigenvalue weighted by Crippen LogP contribution is 2.17. The number of carbonyl (C=O) groups excluding carboxylic acids is 1. The second-order valence-electron chi connectivity index (χ2n) is 5.08. The van der Waals surface area contributed by atoms with E-state index in [1.54, 1.807) is 0 Å². The van der Waals surface area contributed by atoms with Crippen LogP contribution in [0.2, 0.25) is 0 Å². The topological polar surface area (TPSA) is 65.2 Å². The van der Waals surface area contributed by atoms with Gasteiger partial charge in [0.15, 0.2) is 18.2 Å². The molecule has 3 rings (SSSR count). The van der Waals surface area contributed by atoms with Crippen LogP contribution in [-0.4, -0.2) is 16.1 Å². The third-order valence-electron chi connectivity index (χ3n) is 3.26. The molecule has 0 aliphatic carbocycles. The molecular weight excluding hydrogens is 318 g/mol. The van der Waals surface area contributed by atoms with Crippen molar-refractivity contribution < 1.29 is 22.8 Å². The van der Waals surface area contributed by atoms with Crippen LogP contribution in [0.15, 0.2) is 47.0 Å². The van der Waals surface area contributed by atoms with Crippen molar-refractivity contribution in [3.8, 4) is 11.4 Å². The Hall–Kier alpha value is -3.09. The fourth-order valence-corrected chi connectivity index (χ4v) is 1.97. The summed E-state index contributed by atoms with van der Waals surface area (Å²) in [5, 5.41) is 3.81. The lowest BCUT2D eigenvalue weighted by atomic mass is 10.1. The van der Waals surface area contributed by atoms with Gasteiger partial charge >= 0.3 is 5.97 Å². The van der Waals surface area contributed by atoms with Crippen molar-refractivity contribution in [3.63, 3.8) is 0 Å². The van der Waals surface area contributed by atoms with Gasteiger partial charge in [0, 0.05) is 5.56 Å². The van der Waals surface area contributed by atoms with E-state index in [9.17, 15) is 13.6 Å². The molecule has 0 aliphatic heterocycles. The maximum absolute atomic E-state index is 13.1. The van der Waals surface area contributed by atoms with Crippen molar-refractivity contribution >= 4 is 5.97 Å². The van der Waals surface area contributed by atoms with Gasteiger partial charge in [0.2, 0.25) is 5.82 Å². The molecule has 0 bridgehead atoms. The maximum atomic E-state index is 13.1. The Morgan fingerprint density at radius 1 is 1.12 bits per heavy atom. The minimum atomic E-state index is -1.12. The molecule has 0 spiro atoms. The van der Waals surface area contributed by atoms with E-state index in [1.165, 1.54) is 0 Å². The molecule has 0 saturated heterocycles. The fraction of sp³-hybridized carbons (Fsp3) is 0.118. The van der Waals surface area contributed by atoms with Gasteiger partial charge in [0.05, 0.1) is 5.56 Å². The van der Waals surface area contributed by atoms with Crippen LogP contribution < -0.4 is 0 Å². The summed E-state index contributed by atoms with van der Waals surface area (Å²) >= 11 is 0. The lowest BCUT2D eigenvalue weighted by Crippen LogP contribution is -2.06. The first-order chi connectivity index (χ1) is 11.5. The summed E-state index contributed by atoms with van der Waals surface area (Å²) < 4.78 is 35.9. The van der Waals surface area contributed by atoms with Gasteiger partial charge in [0.25, 0.3) is 5.89 Å². The van der Waals surface area contributed by atoms with Crippen LogP contribution in [0.25, 0.3) is 11.4 Å². The number of hydrogen-bond acceptors (Lipinski definition) is 5. The highest BCUT2D eigenvalue weighted by Gasteiger charge is 2.14. The number of carbonyl (C=O) groups is 1. The summed E-state index contributed by atoms with van der Waals surface area (Å²) in [6.07, 6.45) is 0.